The predicted octanol–water partition coefficient (Wildman–Crippen LogP) is 1.78. The summed E-state index contributed by atoms with van der Waals surface area (Å²) in [4.78, 5) is 25.1. The summed E-state index contributed by atoms with van der Waals surface area (Å²) < 4.78 is 4.51. The van der Waals surface area contributed by atoms with E-state index in [1.807, 2.05) is 17.5 Å². The second-order valence-corrected chi connectivity index (χ2v) is 4.41. The Labute approximate surface area is 104 Å². The van der Waals surface area contributed by atoms with Gasteiger partial charge in [0.1, 0.15) is 0 Å². The van der Waals surface area contributed by atoms with Crippen LogP contribution in [-0.4, -0.2) is 37.5 Å². The normalized spacial score (nSPS) is 10.5. The van der Waals surface area contributed by atoms with Crippen molar-refractivity contribution in [3.05, 3.63) is 28.5 Å². The molecule has 0 aromatic carbocycles. The summed E-state index contributed by atoms with van der Waals surface area (Å²) in [5.74, 6) is -0.436. The molecule has 0 atom stereocenters. The molecule has 0 bridgehead atoms. The molecule has 0 saturated heterocycles. The molecule has 0 aliphatic rings. The summed E-state index contributed by atoms with van der Waals surface area (Å²) in [6, 6.07) is 3.86. The van der Waals surface area contributed by atoms with Crippen LogP contribution >= 0.6 is 11.3 Å². The van der Waals surface area contributed by atoms with Gasteiger partial charge in [-0.25, -0.2) is 0 Å². The molecule has 0 radical (unpaired) electrons. The van der Waals surface area contributed by atoms with Crippen LogP contribution in [0, 0.1) is 0 Å². The average Bonchev–Trinajstić information content (AvgIpc) is 2.85. The maximum absolute atomic E-state index is 11.6. The van der Waals surface area contributed by atoms with Crippen molar-refractivity contribution in [3.8, 4) is 0 Å². The number of carbonyl (C=O) groups excluding carboxylic acids is 2. The second kappa shape index (κ2) is 6.85. The minimum Gasteiger partial charge on any atom is -0.469 e. The number of esters is 1. The third-order valence-corrected chi connectivity index (χ3v) is 3.03. The van der Waals surface area contributed by atoms with Crippen molar-refractivity contribution < 1.29 is 14.3 Å². The highest BCUT2D eigenvalue weighted by Gasteiger charge is 2.07. The zero-order valence-electron chi connectivity index (χ0n) is 9.88. The summed E-state index contributed by atoms with van der Waals surface area (Å²) in [6.45, 7) is 0.361. The molecule has 17 heavy (non-hydrogen) atoms. The number of hydrogen-bond acceptors (Lipinski definition) is 4. The van der Waals surface area contributed by atoms with Gasteiger partial charge in [-0.2, -0.15) is 0 Å². The van der Waals surface area contributed by atoms with Crippen LogP contribution < -0.4 is 0 Å². The highest BCUT2D eigenvalue weighted by atomic mass is 32.1. The smallest absolute Gasteiger partial charge is 0.307 e. The molecule has 1 rings (SSSR count). The Kier molecular flexibility index (Phi) is 5.42. The van der Waals surface area contributed by atoms with Crippen LogP contribution in [0.15, 0.2) is 23.6 Å². The van der Waals surface area contributed by atoms with Gasteiger partial charge >= 0.3 is 5.97 Å². The molecular weight excluding hydrogens is 238 g/mol. The van der Waals surface area contributed by atoms with Crippen LogP contribution in [0.3, 0.4) is 0 Å². The van der Waals surface area contributed by atoms with E-state index in [0.717, 1.165) is 4.88 Å². The Morgan fingerprint density at radius 3 is 2.88 bits per heavy atom. The highest BCUT2D eigenvalue weighted by molar-refractivity contribution is 7.10. The Morgan fingerprint density at radius 2 is 2.29 bits per heavy atom. The van der Waals surface area contributed by atoms with Gasteiger partial charge < -0.3 is 9.64 Å². The number of nitrogens with zero attached hydrogens (tertiary/aromatic N) is 1. The number of ether oxygens (including phenoxy) is 1. The van der Waals surface area contributed by atoms with Crippen LogP contribution in [-0.2, 0) is 14.3 Å². The quantitative estimate of drug-likeness (QED) is 0.593. The van der Waals surface area contributed by atoms with Gasteiger partial charge in [-0.05, 0) is 17.5 Å². The Hall–Kier alpha value is -1.62. The summed E-state index contributed by atoms with van der Waals surface area (Å²) in [5.41, 5.74) is 0. The van der Waals surface area contributed by atoms with E-state index in [1.54, 1.807) is 24.5 Å². The largest absolute Gasteiger partial charge is 0.469 e. The lowest BCUT2D eigenvalue weighted by molar-refractivity contribution is -0.141. The number of likely N-dealkylation sites (N-methyl/N-ethyl adjacent to an activating group) is 1. The minimum atomic E-state index is -0.313. The minimum absolute atomic E-state index is 0.123. The van der Waals surface area contributed by atoms with E-state index in [4.69, 9.17) is 0 Å². The van der Waals surface area contributed by atoms with Crippen molar-refractivity contribution in [2.75, 3.05) is 20.7 Å². The lowest BCUT2D eigenvalue weighted by Gasteiger charge is -2.13. The second-order valence-electron chi connectivity index (χ2n) is 3.43. The number of thiophene rings is 1. The molecule has 4 nitrogen and oxygen atoms in total. The van der Waals surface area contributed by atoms with Gasteiger partial charge in [0, 0.05) is 24.5 Å². The number of methoxy groups -OCH3 is 1. The van der Waals surface area contributed by atoms with E-state index >= 15 is 0 Å². The number of amides is 1. The molecule has 92 valence electrons. The molecule has 0 aliphatic heterocycles. The van der Waals surface area contributed by atoms with E-state index in [9.17, 15) is 9.59 Å². The first-order valence-corrected chi connectivity index (χ1v) is 6.05. The molecule has 1 amide bonds. The third-order valence-electron chi connectivity index (χ3n) is 2.19. The first-order chi connectivity index (χ1) is 8.13. The van der Waals surface area contributed by atoms with E-state index in [2.05, 4.69) is 4.74 Å². The van der Waals surface area contributed by atoms with E-state index in [0.29, 0.717) is 6.54 Å². The van der Waals surface area contributed by atoms with Gasteiger partial charge in [0.25, 0.3) is 0 Å². The summed E-state index contributed by atoms with van der Waals surface area (Å²) >= 11 is 1.57. The van der Waals surface area contributed by atoms with Crippen LogP contribution in [0.25, 0.3) is 6.08 Å². The maximum Gasteiger partial charge on any atom is 0.307 e. The fraction of sp³-hybridized carbons (Fsp3) is 0.333. The van der Waals surface area contributed by atoms with E-state index in [1.165, 1.54) is 18.1 Å². The van der Waals surface area contributed by atoms with Gasteiger partial charge in [-0.15, -0.1) is 11.3 Å². The van der Waals surface area contributed by atoms with E-state index < -0.39 is 0 Å². The van der Waals surface area contributed by atoms with Crippen LogP contribution in [0.5, 0.6) is 0 Å². The molecule has 1 aromatic heterocycles. The average molecular weight is 253 g/mol. The van der Waals surface area contributed by atoms with Gasteiger partial charge in [0.2, 0.25) is 5.91 Å². The molecule has 0 unspecified atom stereocenters. The molecule has 1 aromatic rings. The Balaban J connectivity index is 2.39. The fourth-order valence-electron chi connectivity index (χ4n) is 1.14. The first-order valence-electron chi connectivity index (χ1n) is 5.17. The zero-order valence-corrected chi connectivity index (χ0v) is 10.7. The monoisotopic (exact) mass is 253 g/mol. The lowest BCUT2D eigenvalue weighted by atomic mass is 10.3. The third kappa shape index (κ3) is 4.82. The van der Waals surface area contributed by atoms with Crippen molar-refractivity contribution in [1.29, 1.82) is 0 Å². The maximum atomic E-state index is 11.6. The van der Waals surface area contributed by atoms with Crippen molar-refractivity contribution in [2.45, 2.75) is 6.42 Å². The van der Waals surface area contributed by atoms with Crippen molar-refractivity contribution in [3.63, 3.8) is 0 Å². The summed E-state index contributed by atoms with van der Waals surface area (Å²) in [6.07, 6.45) is 3.48. The predicted molar refractivity (Wildman–Crippen MR) is 67.6 cm³/mol. The number of rotatable bonds is 5. The van der Waals surface area contributed by atoms with Crippen molar-refractivity contribution in [2.24, 2.45) is 0 Å². The topological polar surface area (TPSA) is 46.6 Å². The van der Waals surface area contributed by atoms with Crippen LogP contribution in [0.1, 0.15) is 11.3 Å². The lowest BCUT2D eigenvalue weighted by Crippen LogP contribution is -2.27. The Bertz CT molecular complexity index is 398. The molecule has 0 fully saturated rings. The number of carbonyl (C=O) groups is 2. The van der Waals surface area contributed by atoms with Crippen molar-refractivity contribution >= 4 is 29.3 Å². The highest BCUT2D eigenvalue weighted by Crippen LogP contribution is 2.10. The molecule has 0 spiro atoms. The summed E-state index contributed by atoms with van der Waals surface area (Å²) in [7, 11) is 2.99. The van der Waals surface area contributed by atoms with Gasteiger partial charge in [0.15, 0.2) is 0 Å². The first kappa shape index (κ1) is 13.4. The molecule has 1 heterocycles. The SMILES string of the molecule is COC(=O)CCN(C)C(=O)C=Cc1cccs1. The van der Waals surface area contributed by atoms with Gasteiger partial charge in [-0.3, -0.25) is 9.59 Å². The molecule has 0 aliphatic carbocycles. The number of hydrogen-bond donors (Lipinski definition) is 0. The fourth-order valence-corrected chi connectivity index (χ4v) is 1.76. The van der Waals surface area contributed by atoms with Crippen molar-refractivity contribution in [1.82, 2.24) is 4.90 Å². The molecule has 0 saturated carbocycles. The van der Waals surface area contributed by atoms with Gasteiger partial charge in [-0.1, -0.05) is 6.07 Å². The van der Waals surface area contributed by atoms with Gasteiger partial charge in [0.05, 0.1) is 13.5 Å². The Morgan fingerprint density at radius 1 is 1.53 bits per heavy atom. The van der Waals surface area contributed by atoms with Crippen LogP contribution in [0.2, 0.25) is 0 Å². The van der Waals surface area contributed by atoms with E-state index in [-0.39, 0.29) is 18.3 Å². The van der Waals surface area contributed by atoms with Crippen LogP contribution in [0.4, 0.5) is 0 Å². The summed E-state index contributed by atoms with van der Waals surface area (Å²) in [5, 5.41) is 1.95. The molecular formula is C12H15NO3S. The zero-order chi connectivity index (χ0) is 12.7. The molecule has 0 N–H and O–H groups in total. The molecule has 5 heteroatoms. The standard InChI is InChI=1S/C12H15NO3S/c1-13(8-7-12(15)16-2)11(14)6-5-10-4-3-9-17-10/h3-6,9H,7-8H2,1-2H3.